The van der Waals surface area contributed by atoms with Gasteiger partial charge in [-0.15, -0.1) is 0 Å². The van der Waals surface area contributed by atoms with Gasteiger partial charge in [0, 0.05) is 30.6 Å². The Hall–Kier alpha value is -2.94. The SMILES string of the molecule is Cc1ccc(C)c(N(CCCC(=O)N(Cc2ccccc2F)C(C)C(=O)NC(C)(C)C)S(C)(=O)=O)c1. The second-order valence-electron chi connectivity index (χ2n) is 10.3. The molecule has 0 aliphatic heterocycles. The minimum absolute atomic E-state index is 0.00151. The summed E-state index contributed by atoms with van der Waals surface area (Å²) in [6, 6.07) is 10.9. The van der Waals surface area contributed by atoms with E-state index in [1.807, 2.05) is 52.8 Å². The highest BCUT2D eigenvalue weighted by atomic mass is 32.2. The van der Waals surface area contributed by atoms with Crippen LogP contribution in [0.15, 0.2) is 42.5 Å². The van der Waals surface area contributed by atoms with Crippen molar-refractivity contribution in [2.75, 3.05) is 17.1 Å². The Labute approximate surface area is 214 Å². The molecule has 0 aliphatic rings. The summed E-state index contributed by atoms with van der Waals surface area (Å²) in [5, 5.41) is 2.87. The summed E-state index contributed by atoms with van der Waals surface area (Å²) in [5.41, 5.74) is 2.11. The molecule has 1 atom stereocenters. The Morgan fingerprint density at radius 2 is 1.72 bits per heavy atom. The van der Waals surface area contributed by atoms with Crippen molar-refractivity contribution in [3.63, 3.8) is 0 Å². The maximum absolute atomic E-state index is 14.4. The van der Waals surface area contributed by atoms with Crippen LogP contribution in [0.3, 0.4) is 0 Å². The Morgan fingerprint density at radius 1 is 1.08 bits per heavy atom. The van der Waals surface area contributed by atoms with Crippen molar-refractivity contribution in [3.8, 4) is 0 Å². The molecular weight excluding hydrogens is 481 g/mol. The summed E-state index contributed by atoms with van der Waals surface area (Å²) in [6.45, 7) is 10.9. The van der Waals surface area contributed by atoms with Crippen molar-refractivity contribution in [3.05, 3.63) is 65.0 Å². The van der Waals surface area contributed by atoms with Gasteiger partial charge < -0.3 is 10.2 Å². The van der Waals surface area contributed by atoms with Crippen molar-refractivity contribution < 1.29 is 22.4 Å². The van der Waals surface area contributed by atoms with Crippen LogP contribution in [0, 0.1) is 19.7 Å². The molecule has 0 saturated heterocycles. The van der Waals surface area contributed by atoms with Gasteiger partial charge >= 0.3 is 0 Å². The molecular formula is C27H38FN3O4S. The van der Waals surface area contributed by atoms with Gasteiger partial charge in [0.15, 0.2) is 0 Å². The monoisotopic (exact) mass is 519 g/mol. The second-order valence-corrected chi connectivity index (χ2v) is 12.2. The van der Waals surface area contributed by atoms with Crippen LogP contribution in [-0.4, -0.2) is 49.5 Å². The van der Waals surface area contributed by atoms with Crippen molar-refractivity contribution in [2.24, 2.45) is 0 Å². The average molecular weight is 520 g/mol. The third kappa shape index (κ3) is 8.33. The van der Waals surface area contributed by atoms with Gasteiger partial charge in [-0.1, -0.05) is 30.3 Å². The summed E-state index contributed by atoms with van der Waals surface area (Å²) in [6.07, 6.45) is 1.37. The van der Waals surface area contributed by atoms with Crippen LogP contribution in [0.5, 0.6) is 0 Å². The van der Waals surface area contributed by atoms with Gasteiger partial charge in [0.2, 0.25) is 21.8 Å². The average Bonchev–Trinajstić information content (AvgIpc) is 2.75. The molecule has 2 amide bonds. The minimum atomic E-state index is -3.58. The highest BCUT2D eigenvalue weighted by Crippen LogP contribution is 2.25. The van der Waals surface area contributed by atoms with Gasteiger partial charge in [-0.05, 0) is 71.2 Å². The number of rotatable bonds is 10. The molecule has 0 fully saturated rings. The zero-order valence-corrected chi connectivity index (χ0v) is 23.1. The van der Waals surface area contributed by atoms with Crippen molar-refractivity contribution in [1.82, 2.24) is 10.2 Å². The summed E-state index contributed by atoms with van der Waals surface area (Å²) >= 11 is 0. The molecule has 1 N–H and O–H groups in total. The molecule has 2 aromatic rings. The first-order valence-corrected chi connectivity index (χ1v) is 13.8. The molecule has 2 rings (SSSR count). The number of amides is 2. The van der Waals surface area contributed by atoms with Crippen LogP contribution in [0.2, 0.25) is 0 Å². The number of sulfonamides is 1. The molecule has 0 bridgehead atoms. The van der Waals surface area contributed by atoms with Crippen LogP contribution in [0.1, 0.15) is 57.2 Å². The maximum atomic E-state index is 14.4. The fraction of sp³-hybridized carbons (Fsp3) is 0.481. The lowest BCUT2D eigenvalue weighted by Gasteiger charge is -2.32. The third-order valence-electron chi connectivity index (χ3n) is 5.75. The Morgan fingerprint density at radius 3 is 2.31 bits per heavy atom. The number of carbonyl (C=O) groups is 2. The summed E-state index contributed by atoms with van der Waals surface area (Å²) < 4.78 is 40.8. The lowest BCUT2D eigenvalue weighted by molar-refractivity contribution is -0.141. The molecule has 0 aromatic heterocycles. The Balaban J connectivity index is 2.24. The number of nitrogens with zero attached hydrogens (tertiary/aromatic N) is 2. The largest absolute Gasteiger partial charge is 0.350 e. The number of benzene rings is 2. The first-order chi connectivity index (χ1) is 16.6. The third-order valence-corrected chi connectivity index (χ3v) is 6.93. The molecule has 0 radical (unpaired) electrons. The van der Waals surface area contributed by atoms with Gasteiger partial charge in [-0.25, -0.2) is 12.8 Å². The zero-order valence-electron chi connectivity index (χ0n) is 22.3. The molecule has 36 heavy (non-hydrogen) atoms. The number of halogens is 1. The standard InChI is InChI=1S/C27H38FN3O4S/c1-19-14-15-20(2)24(17-19)31(36(7,34)35)16-10-13-25(32)30(18-22-11-8-9-12-23(22)28)21(3)26(33)29-27(4,5)6/h8-9,11-12,14-15,17,21H,10,13,16,18H2,1-7H3,(H,29,33). The summed E-state index contributed by atoms with van der Waals surface area (Å²) in [7, 11) is -3.58. The van der Waals surface area contributed by atoms with E-state index in [1.54, 1.807) is 25.1 Å². The Kier molecular flexibility index (Phi) is 9.65. The van der Waals surface area contributed by atoms with Gasteiger partial charge in [0.05, 0.1) is 11.9 Å². The van der Waals surface area contributed by atoms with E-state index in [0.717, 1.165) is 17.4 Å². The quantitative estimate of drug-likeness (QED) is 0.507. The van der Waals surface area contributed by atoms with Gasteiger partial charge in [-0.3, -0.25) is 13.9 Å². The maximum Gasteiger partial charge on any atom is 0.242 e. The number of anilines is 1. The number of hydrogen-bond donors (Lipinski definition) is 1. The van der Waals surface area contributed by atoms with E-state index in [-0.39, 0.29) is 37.7 Å². The zero-order chi connectivity index (χ0) is 27.3. The van der Waals surface area contributed by atoms with Crippen molar-refractivity contribution in [1.29, 1.82) is 0 Å². The predicted octanol–water partition coefficient (Wildman–Crippen LogP) is 4.32. The molecule has 2 aromatic carbocycles. The highest BCUT2D eigenvalue weighted by Gasteiger charge is 2.29. The van der Waals surface area contributed by atoms with Crippen LogP contribution < -0.4 is 9.62 Å². The van der Waals surface area contributed by atoms with E-state index in [2.05, 4.69) is 5.32 Å². The molecule has 198 valence electrons. The predicted molar refractivity (Wildman–Crippen MR) is 142 cm³/mol. The Bertz CT molecular complexity index is 1190. The van der Waals surface area contributed by atoms with E-state index in [0.29, 0.717) is 11.3 Å². The molecule has 7 nitrogen and oxygen atoms in total. The fourth-order valence-corrected chi connectivity index (χ4v) is 4.85. The van der Waals surface area contributed by atoms with Gasteiger partial charge in [-0.2, -0.15) is 0 Å². The van der Waals surface area contributed by atoms with E-state index < -0.39 is 27.4 Å². The molecule has 0 aliphatic carbocycles. The van der Waals surface area contributed by atoms with Crippen LogP contribution in [0.25, 0.3) is 0 Å². The fourth-order valence-electron chi connectivity index (χ4n) is 3.84. The first-order valence-electron chi connectivity index (χ1n) is 12.0. The number of carbonyl (C=O) groups excluding carboxylic acids is 2. The molecule has 0 heterocycles. The number of hydrogen-bond acceptors (Lipinski definition) is 4. The van der Waals surface area contributed by atoms with E-state index in [4.69, 9.17) is 0 Å². The summed E-state index contributed by atoms with van der Waals surface area (Å²) in [5.74, 6) is -1.17. The van der Waals surface area contributed by atoms with Gasteiger partial charge in [0.25, 0.3) is 0 Å². The van der Waals surface area contributed by atoms with Crippen LogP contribution in [-0.2, 0) is 26.2 Å². The van der Waals surface area contributed by atoms with Crippen LogP contribution >= 0.6 is 0 Å². The van der Waals surface area contributed by atoms with Crippen molar-refractivity contribution in [2.45, 2.75) is 72.5 Å². The van der Waals surface area contributed by atoms with E-state index in [1.165, 1.54) is 15.3 Å². The van der Waals surface area contributed by atoms with E-state index in [9.17, 15) is 22.4 Å². The van der Waals surface area contributed by atoms with E-state index >= 15 is 0 Å². The van der Waals surface area contributed by atoms with Crippen LogP contribution in [0.4, 0.5) is 10.1 Å². The first kappa shape index (κ1) is 29.3. The number of aryl methyl sites for hydroxylation is 2. The summed E-state index contributed by atoms with van der Waals surface area (Å²) in [4.78, 5) is 27.5. The number of nitrogens with one attached hydrogen (secondary N) is 1. The lowest BCUT2D eigenvalue weighted by Crippen LogP contribution is -2.52. The topological polar surface area (TPSA) is 86.8 Å². The normalized spacial score (nSPS) is 12.7. The minimum Gasteiger partial charge on any atom is -0.350 e. The highest BCUT2D eigenvalue weighted by molar-refractivity contribution is 7.92. The molecule has 0 spiro atoms. The van der Waals surface area contributed by atoms with Crippen molar-refractivity contribution >= 4 is 27.5 Å². The molecule has 1 unspecified atom stereocenters. The second kappa shape index (κ2) is 11.9. The lowest BCUT2D eigenvalue weighted by atomic mass is 10.1. The molecule has 9 heteroatoms. The smallest absolute Gasteiger partial charge is 0.242 e. The van der Waals surface area contributed by atoms with Gasteiger partial charge in [0.1, 0.15) is 11.9 Å². The molecule has 0 saturated carbocycles.